The lowest BCUT2D eigenvalue weighted by molar-refractivity contribution is -0.132. The molecule has 6 nitrogen and oxygen atoms in total. The van der Waals surface area contributed by atoms with E-state index in [0.29, 0.717) is 25.4 Å². The van der Waals surface area contributed by atoms with Crippen LogP contribution in [0.3, 0.4) is 0 Å². The van der Waals surface area contributed by atoms with Gasteiger partial charge in [0.15, 0.2) is 0 Å². The zero-order valence-electron chi connectivity index (χ0n) is 16.7. The topological polar surface area (TPSA) is 66.9 Å². The van der Waals surface area contributed by atoms with Crippen molar-refractivity contribution in [3.63, 3.8) is 0 Å². The van der Waals surface area contributed by atoms with Gasteiger partial charge in [0, 0.05) is 26.1 Å². The summed E-state index contributed by atoms with van der Waals surface area (Å²) in [5.41, 5.74) is 0.940. The van der Waals surface area contributed by atoms with Crippen LogP contribution in [0.1, 0.15) is 39.7 Å². The molecule has 7 heteroatoms. The summed E-state index contributed by atoms with van der Waals surface area (Å²) >= 11 is 0. The van der Waals surface area contributed by atoms with E-state index in [1.165, 1.54) is 0 Å². The van der Waals surface area contributed by atoms with Gasteiger partial charge in [0.1, 0.15) is 5.75 Å². The second-order valence-corrected chi connectivity index (χ2v) is 9.58. The Morgan fingerprint density at radius 1 is 1.04 bits per heavy atom. The van der Waals surface area contributed by atoms with Crippen molar-refractivity contribution < 1.29 is 17.4 Å². The molecule has 0 radical (unpaired) electrons. The van der Waals surface area contributed by atoms with Crippen LogP contribution in [0.25, 0.3) is 0 Å². The lowest BCUT2D eigenvalue weighted by Crippen LogP contribution is -2.36. The minimum absolute atomic E-state index is 0.129. The number of hydrogen-bond acceptors (Lipinski definition) is 5. The van der Waals surface area contributed by atoms with Crippen molar-refractivity contribution in [2.75, 3.05) is 27.2 Å². The molecule has 0 N–H and O–H groups in total. The molecule has 1 amide bonds. The minimum atomic E-state index is -3.60. The summed E-state index contributed by atoms with van der Waals surface area (Å²) in [6.07, 6.45) is 0.515. The Morgan fingerprint density at radius 2 is 1.62 bits per heavy atom. The first-order valence-electron chi connectivity index (χ1n) is 8.96. The standard InChI is InChI=1S/C19H32N2O4S/c1-15(2)13-19(22)21(12-11-20(5)6)14-17-7-9-18(10-8-17)25-26(23,24)16(3)4/h7-10,15-16H,11-14H2,1-6H3. The highest BCUT2D eigenvalue weighted by Crippen LogP contribution is 2.18. The van der Waals surface area contributed by atoms with Gasteiger partial charge in [-0.05, 0) is 51.6 Å². The van der Waals surface area contributed by atoms with Crippen LogP contribution in [0.5, 0.6) is 5.75 Å². The molecule has 1 rings (SSSR count). The molecule has 0 saturated carbocycles. The fraction of sp³-hybridized carbons (Fsp3) is 0.632. The summed E-state index contributed by atoms with van der Waals surface area (Å²) in [4.78, 5) is 16.4. The molecular weight excluding hydrogens is 352 g/mol. The van der Waals surface area contributed by atoms with Crippen molar-refractivity contribution in [1.82, 2.24) is 9.80 Å². The number of likely N-dealkylation sites (N-methyl/N-ethyl adjacent to an activating group) is 1. The zero-order chi connectivity index (χ0) is 19.9. The van der Waals surface area contributed by atoms with Crippen LogP contribution in [0, 0.1) is 5.92 Å². The molecule has 1 aromatic rings. The molecule has 0 saturated heterocycles. The Kier molecular flexibility index (Phi) is 8.56. The van der Waals surface area contributed by atoms with Crippen LogP contribution in [0.2, 0.25) is 0 Å². The highest BCUT2D eigenvalue weighted by atomic mass is 32.2. The highest BCUT2D eigenvalue weighted by Gasteiger charge is 2.19. The smallest absolute Gasteiger partial charge is 0.311 e. The average molecular weight is 385 g/mol. The first kappa shape index (κ1) is 22.4. The predicted molar refractivity (Wildman–Crippen MR) is 105 cm³/mol. The van der Waals surface area contributed by atoms with Crippen molar-refractivity contribution in [2.24, 2.45) is 5.92 Å². The number of rotatable bonds is 10. The molecule has 0 aliphatic heterocycles. The first-order chi connectivity index (χ1) is 12.0. The van der Waals surface area contributed by atoms with Crippen LogP contribution >= 0.6 is 0 Å². The van der Waals surface area contributed by atoms with E-state index in [4.69, 9.17) is 4.18 Å². The number of amides is 1. The summed E-state index contributed by atoms with van der Waals surface area (Å²) in [5, 5.41) is -0.600. The second kappa shape index (κ2) is 9.92. The van der Waals surface area contributed by atoms with E-state index in [-0.39, 0.29) is 11.7 Å². The lowest BCUT2D eigenvalue weighted by atomic mass is 10.1. The Labute approximate surface area is 158 Å². The Balaban J connectivity index is 2.82. The third-order valence-corrected chi connectivity index (χ3v) is 5.42. The van der Waals surface area contributed by atoms with Crippen molar-refractivity contribution in [3.05, 3.63) is 29.8 Å². The van der Waals surface area contributed by atoms with Gasteiger partial charge in [0.25, 0.3) is 0 Å². The largest absolute Gasteiger partial charge is 0.382 e. The van der Waals surface area contributed by atoms with Gasteiger partial charge in [-0.1, -0.05) is 26.0 Å². The van der Waals surface area contributed by atoms with E-state index >= 15 is 0 Å². The summed E-state index contributed by atoms with van der Waals surface area (Å²) in [5.74, 6) is 0.724. The van der Waals surface area contributed by atoms with Gasteiger partial charge in [0.05, 0.1) is 5.25 Å². The third kappa shape index (κ3) is 7.74. The molecule has 1 aromatic carbocycles. The molecule has 0 unspecified atom stereocenters. The van der Waals surface area contributed by atoms with E-state index in [2.05, 4.69) is 0 Å². The molecule has 0 aliphatic carbocycles. The van der Waals surface area contributed by atoms with E-state index in [1.807, 2.05) is 37.7 Å². The lowest BCUT2D eigenvalue weighted by Gasteiger charge is -2.25. The number of nitrogens with zero attached hydrogens (tertiary/aromatic N) is 2. The van der Waals surface area contributed by atoms with Gasteiger partial charge in [0.2, 0.25) is 5.91 Å². The van der Waals surface area contributed by atoms with E-state index in [9.17, 15) is 13.2 Å². The highest BCUT2D eigenvalue weighted by molar-refractivity contribution is 7.87. The molecular formula is C19H32N2O4S. The Bertz CT molecular complexity index is 667. The van der Waals surface area contributed by atoms with Crippen LogP contribution in [-0.4, -0.2) is 56.6 Å². The molecule has 148 valence electrons. The normalized spacial score (nSPS) is 12.0. The van der Waals surface area contributed by atoms with Crippen LogP contribution in [0.15, 0.2) is 24.3 Å². The van der Waals surface area contributed by atoms with Gasteiger partial charge < -0.3 is 14.0 Å². The molecule has 0 aromatic heterocycles. The Morgan fingerprint density at radius 3 is 2.08 bits per heavy atom. The molecule has 0 aliphatic rings. The number of carbonyl (C=O) groups is 1. The molecule has 0 fully saturated rings. The SMILES string of the molecule is CC(C)CC(=O)N(CCN(C)C)Cc1ccc(OS(=O)(=O)C(C)C)cc1. The van der Waals surface area contributed by atoms with Crippen LogP contribution < -0.4 is 4.18 Å². The summed E-state index contributed by atoms with van der Waals surface area (Å²) < 4.78 is 28.7. The minimum Gasteiger partial charge on any atom is -0.382 e. The maximum Gasteiger partial charge on any atom is 0.311 e. The van der Waals surface area contributed by atoms with Crippen LogP contribution in [0.4, 0.5) is 0 Å². The van der Waals surface area contributed by atoms with E-state index in [1.54, 1.807) is 38.1 Å². The van der Waals surface area contributed by atoms with E-state index in [0.717, 1.165) is 12.1 Å². The molecule has 0 atom stereocenters. The monoisotopic (exact) mass is 384 g/mol. The number of carbonyl (C=O) groups excluding carboxylic acids is 1. The van der Waals surface area contributed by atoms with Gasteiger partial charge in [-0.15, -0.1) is 0 Å². The molecule has 0 bridgehead atoms. The van der Waals surface area contributed by atoms with Gasteiger partial charge >= 0.3 is 10.1 Å². The summed E-state index contributed by atoms with van der Waals surface area (Å²) in [6, 6.07) is 6.87. The average Bonchev–Trinajstić information content (AvgIpc) is 2.51. The van der Waals surface area contributed by atoms with Crippen molar-refractivity contribution in [3.8, 4) is 5.75 Å². The fourth-order valence-corrected chi connectivity index (χ4v) is 2.76. The van der Waals surface area contributed by atoms with Gasteiger partial charge in [-0.3, -0.25) is 4.79 Å². The van der Waals surface area contributed by atoms with Gasteiger partial charge in [-0.2, -0.15) is 8.42 Å². The van der Waals surface area contributed by atoms with E-state index < -0.39 is 15.4 Å². The Hall–Kier alpha value is -1.60. The molecule has 0 spiro atoms. The molecule has 26 heavy (non-hydrogen) atoms. The van der Waals surface area contributed by atoms with Crippen molar-refractivity contribution in [2.45, 2.75) is 45.9 Å². The summed E-state index contributed by atoms with van der Waals surface area (Å²) in [7, 11) is 0.355. The van der Waals surface area contributed by atoms with Crippen molar-refractivity contribution in [1.29, 1.82) is 0 Å². The number of benzene rings is 1. The fourth-order valence-electron chi connectivity index (χ4n) is 2.19. The third-order valence-electron chi connectivity index (χ3n) is 3.84. The van der Waals surface area contributed by atoms with Gasteiger partial charge in [-0.25, -0.2) is 0 Å². The number of hydrogen-bond donors (Lipinski definition) is 0. The second-order valence-electron chi connectivity index (χ2n) is 7.49. The van der Waals surface area contributed by atoms with Crippen molar-refractivity contribution >= 4 is 16.0 Å². The zero-order valence-corrected chi connectivity index (χ0v) is 17.5. The maximum absolute atomic E-state index is 12.5. The predicted octanol–water partition coefficient (Wildman–Crippen LogP) is 2.74. The first-order valence-corrected chi connectivity index (χ1v) is 10.4. The maximum atomic E-state index is 12.5. The molecule has 0 heterocycles. The summed E-state index contributed by atoms with van der Waals surface area (Å²) in [6.45, 7) is 9.15. The van der Waals surface area contributed by atoms with Crippen LogP contribution in [-0.2, 0) is 21.5 Å². The quantitative estimate of drug-likeness (QED) is 0.580.